The Morgan fingerprint density at radius 1 is 1.11 bits per heavy atom. The molecule has 3 aromatic rings. The molecule has 0 unspecified atom stereocenters. The first-order valence-electron chi connectivity index (χ1n) is 5.61. The molecule has 0 fully saturated rings. The number of imidazole rings is 1. The van der Waals surface area contributed by atoms with E-state index in [1.807, 2.05) is 37.4 Å². The molecule has 3 rings (SSSR count). The van der Waals surface area contributed by atoms with E-state index in [0.29, 0.717) is 0 Å². The Labute approximate surface area is 109 Å². The zero-order chi connectivity index (χ0) is 12.5. The van der Waals surface area contributed by atoms with Crippen molar-refractivity contribution < 1.29 is 0 Å². The van der Waals surface area contributed by atoms with Crippen LogP contribution < -0.4 is 0 Å². The molecular weight excluding hydrogens is 244 g/mol. The minimum Gasteiger partial charge on any atom is -0.280 e. The molecule has 0 atom stereocenters. The van der Waals surface area contributed by atoms with E-state index in [0.717, 1.165) is 27.8 Å². The van der Waals surface area contributed by atoms with Crippen molar-refractivity contribution in [1.82, 2.24) is 19.5 Å². The molecule has 90 valence electrons. The Hall–Kier alpha value is -1.88. The standard InChI is InChI=1S/C13H12N4S/c1-9-15-10-5-3-4-6-11(10)17(9)12-7-8-14-13(16-12)18-2/h3-8H,1-2H3. The van der Waals surface area contributed by atoms with Crippen LogP contribution in [0.2, 0.25) is 0 Å². The van der Waals surface area contributed by atoms with Crippen LogP contribution in [-0.4, -0.2) is 25.8 Å². The number of aromatic nitrogens is 4. The van der Waals surface area contributed by atoms with Crippen molar-refractivity contribution >= 4 is 22.8 Å². The second kappa shape index (κ2) is 4.42. The summed E-state index contributed by atoms with van der Waals surface area (Å²) in [5.41, 5.74) is 2.06. The van der Waals surface area contributed by atoms with Gasteiger partial charge in [-0.05, 0) is 31.4 Å². The molecule has 4 nitrogen and oxygen atoms in total. The number of thioether (sulfide) groups is 1. The molecular formula is C13H12N4S. The lowest BCUT2D eigenvalue weighted by Crippen LogP contribution is -2.01. The third kappa shape index (κ3) is 1.76. The van der Waals surface area contributed by atoms with Crippen LogP contribution in [0.3, 0.4) is 0 Å². The van der Waals surface area contributed by atoms with Gasteiger partial charge in [0.15, 0.2) is 5.16 Å². The summed E-state index contributed by atoms with van der Waals surface area (Å²) in [5.74, 6) is 1.79. The van der Waals surface area contributed by atoms with Crippen molar-refractivity contribution in [3.63, 3.8) is 0 Å². The van der Waals surface area contributed by atoms with Crippen LogP contribution in [-0.2, 0) is 0 Å². The van der Waals surface area contributed by atoms with Gasteiger partial charge in [-0.25, -0.2) is 15.0 Å². The van der Waals surface area contributed by atoms with Gasteiger partial charge in [-0.2, -0.15) is 0 Å². The molecule has 1 aromatic carbocycles. The smallest absolute Gasteiger partial charge is 0.189 e. The summed E-state index contributed by atoms with van der Waals surface area (Å²) < 4.78 is 2.05. The topological polar surface area (TPSA) is 43.6 Å². The first kappa shape index (κ1) is 11.2. The van der Waals surface area contributed by atoms with E-state index in [9.17, 15) is 0 Å². The van der Waals surface area contributed by atoms with E-state index in [4.69, 9.17) is 0 Å². The van der Waals surface area contributed by atoms with Gasteiger partial charge in [0.1, 0.15) is 11.6 Å². The van der Waals surface area contributed by atoms with Crippen LogP contribution in [0.5, 0.6) is 0 Å². The second-order valence-corrected chi connectivity index (χ2v) is 4.66. The maximum atomic E-state index is 4.54. The van der Waals surface area contributed by atoms with Crippen molar-refractivity contribution in [3.8, 4) is 5.82 Å². The summed E-state index contributed by atoms with van der Waals surface area (Å²) in [6, 6.07) is 9.97. The molecule has 0 saturated heterocycles. The van der Waals surface area contributed by atoms with Crippen LogP contribution in [0.4, 0.5) is 0 Å². The van der Waals surface area contributed by atoms with Gasteiger partial charge in [-0.15, -0.1) is 0 Å². The number of hydrogen-bond acceptors (Lipinski definition) is 4. The van der Waals surface area contributed by atoms with Gasteiger partial charge in [0.25, 0.3) is 0 Å². The molecule has 0 aliphatic carbocycles. The van der Waals surface area contributed by atoms with Gasteiger partial charge < -0.3 is 0 Å². The lowest BCUT2D eigenvalue weighted by atomic mass is 10.3. The zero-order valence-corrected chi connectivity index (χ0v) is 11.0. The van der Waals surface area contributed by atoms with E-state index in [1.165, 1.54) is 11.8 Å². The second-order valence-electron chi connectivity index (χ2n) is 3.88. The van der Waals surface area contributed by atoms with Gasteiger partial charge in [0.2, 0.25) is 0 Å². The highest BCUT2D eigenvalue weighted by atomic mass is 32.2. The highest BCUT2D eigenvalue weighted by Gasteiger charge is 2.10. The van der Waals surface area contributed by atoms with Crippen molar-refractivity contribution in [2.75, 3.05) is 6.26 Å². The number of para-hydroxylation sites is 2. The Bertz CT molecular complexity index is 705. The molecule has 0 saturated carbocycles. The number of aryl methyl sites for hydroxylation is 1. The average molecular weight is 256 g/mol. The Morgan fingerprint density at radius 2 is 1.94 bits per heavy atom. The van der Waals surface area contributed by atoms with Crippen LogP contribution >= 0.6 is 11.8 Å². The van der Waals surface area contributed by atoms with Crippen molar-refractivity contribution in [3.05, 3.63) is 42.4 Å². The van der Waals surface area contributed by atoms with Gasteiger partial charge >= 0.3 is 0 Å². The number of rotatable bonds is 2. The predicted octanol–water partition coefficient (Wildman–Crippen LogP) is 2.85. The zero-order valence-electron chi connectivity index (χ0n) is 10.2. The molecule has 0 amide bonds. The fraction of sp³-hybridized carbons (Fsp3) is 0.154. The third-order valence-corrected chi connectivity index (χ3v) is 3.32. The SMILES string of the molecule is CSc1nccc(-n2c(C)nc3ccccc32)n1. The molecule has 2 aromatic heterocycles. The Kier molecular flexibility index (Phi) is 2.76. The highest BCUT2D eigenvalue weighted by molar-refractivity contribution is 7.98. The fourth-order valence-electron chi connectivity index (χ4n) is 1.99. The third-order valence-electron chi connectivity index (χ3n) is 2.76. The fourth-order valence-corrected chi connectivity index (χ4v) is 2.34. The van der Waals surface area contributed by atoms with Gasteiger partial charge in [0.05, 0.1) is 11.0 Å². The predicted molar refractivity (Wildman–Crippen MR) is 73.2 cm³/mol. The average Bonchev–Trinajstić information content (AvgIpc) is 2.74. The molecule has 0 radical (unpaired) electrons. The van der Waals surface area contributed by atoms with E-state index < -0.39 is 0 Å². The number of nitrogens with zero attached hydrogens (tertiary/aromatic N) is 4. The Balaban J connectivity index is 2.27. The summed E-state index contributed by atoms with van der Waals surface area (Å²) in [5, 5.41) is 0.768. The molecule has 0 bridgehead atoms. The number of fused-ring (bicyclic) bond motifs is 1. The monoisotopic (exact) mass is 256 g/mol. The molecule has 0 aliphatic heterocycles. The van der Waals surface area contributed by atoms with Gasteiger partial charge in [0, 0.05) is 6.20 Å². The molecule has 0 N–H and O–H groups in total. The first-order valence-corrected chi connectivity index (χ1v) is 6.83. The van der Waals surface area contributed by atoms with Gasteiger partial charge in [-0.1, -0.05) is 23.9 Å². The molecule has 0 aliphatic rings. The maximum Gasteiger partial charge on any atom is 0.189 e. The van der Waals surface area contributed by atoms with Crippen molar-refractivity contribution in [2.24, 2.45) is 0 Å². The normalized spacial score (nSPS) is 11.0. The molecule has 5 heteroatoms. The Morgan fingerprint density at radius 3 is 2.78 bits per heavy atom. The molecule has 18 heavy (non-hydrogen) atoms. The summed E-state index contributed by atoms with van der Waals surface area (Å²) >= 11 is 1.54. The van der Waals surface area contributed by atoms with E-state index in [-0.39, 0.29) is 0 Å². The van der Waals surface area contributed by atoms with E-state index in [1.54, 1.807) is 6.20 Å². The maximum absolute atomic E-state index is 4.54. The van der Waals surface area contributed by atoms with Crippen LogP contribution in [0, 0.1) is 6.92 Å². The minimum atomic E-state index is 0.768. The first-order chi connectivity index (χ1) is 8.79. The summed E-state index contributed by atoms with van der Waals surface area (Å²) in [6.45, 7) is 1.99. The lowest BCUT2D eigenvalue weighted by Gasteiger charge is -2.06. The lowest BCUT2D eigenvalue weighted by molar-refractivity contribution is 0.879. The van der Waals surface area contributed by atoms with Crippen LogP contribution in [0.25, 0.3) is 16.9 Å². The molecule has 0 spiro atoms. The van der Waals surface area contributed by atoms with E-state index >= 15 is 0 Å². The largest absolute Gasteiger partial charge is 0.280 e. The van der Waals surface area contributed by atoms with Crippen LogP contribution in [0.1, 0.15) is 5.82 Å². The minimum absolute atomic E-state index is 0.768. The quantitative estimate of drug-likeness (QED) is 0.522. The van der Waals surface area contributed by atoms with Gasteiger partial charge in [-0.3, -0.25) is 4.57 Å². The summed E-state index contributed by atoms with van der Waals surface area (Å²) in [4.78, 5) is 13.3. The van der Waals surface area contributed by atoms with Crippen molar-refractivity contribution in [1.29, 1.82) is 0 Å². The summed E-state index contributed by atoms with van der Waals surface area (Å²) in [7, 11) is 0. The van der Waals surface area contributed by atoms with Crippen LogP contribution in [0.15, 0.2) is 41.7 Å². The van der Waals surface area contributed by atoms with Crippen molar-refractivity contribution in [2.45, 2.75) is 12.1 Å². The number of hydrogen-bond donors (Lipinski definition) is 0. The number of benzene rings is 1. The highest BCUT2D eigenvalue weighted by Crippen LogP contribution is 2.20. The molecule has 2 heterocycles. The summed E-state index contributed by atoms with van der Waals surface area (Å²) in [6.07, 6.45) is 3.75. The van der Waals surface area contributed by atoms with E-state index in [2.05, 4.69) is 25.6 Å².